The number of hydrogen-bond donors (Lipinski definition) is 1. The van der Waals surface area contributed by atoms with Crippen LogP contribution in [0.15, 0.2) is 35.4 Å². The van der Waals surface area contributed by atoms with Crippen LogP contribution in [0.2, 0.25) is 0 Å². The molecule has 24 heavy (non-hydrogen) atoms. The van der Waals surface area contributed by atoms with Crippen LogP contribution in [0.1, 0.15) is 11.4 Å². The van der Waals surface area contributed by atoms with Gasteiger partial charge in [0.25, 0.3) is 0 Å². The van der Waals surface area contributed by atoms with Gasteiger partial charge in [0.1, 0.15) is 17.4 Å². The molecule has 7 heteroatoms. The third-order valence-corrected chi connectivity index (χ3v) is 3.67. The maximum atomic E-state index is 5.38. The fourth-order valence-electron chi connectivity index (χ4n) is 2.43. The van der Waals surface area contributed by atoms with Crippen molar-refractivity contribution in [2.24, 2.45) is 5.10 Å². The highest BCUT2D eigenvalue weighted by molar-refractivity contribution is 5.80. The summed E-state index contributed by atoms with van der Waals surface area (Å²) in [6.07, 6.45) is 1.74. The highest BCUT2D eigenvalue weighted by Crippen LogP contribution is 2.17. The monoisotopic (exact) mass is 327 g/mol. The lowest BCUT2D eigenvalue weighted by Gasteiger charge is -2.28. The van der Waals surface area contributed by atoms with Crippen LogP contribution >= 0.6 is 0 Å². The molecule has 1 aromatic heterocycles. The number of rotatable bonds is 5. The average molecular weight is 327 g/mol. The predicted octanol–water partition coefficient (Wildman–Crippen LogP) is 2.08. The molecule has 1 aliphatic heterocycles. The van der Waals surface area contributed by atoms with E-state index < -0.39 is 0 Å². The van der Waals surface area contributed by atoms with Crippen LogP contribution in [0.3, 0.4) is 0 Å². The van der Waals surface area contributed by atoms with Crippen molar-refractivity contribution >= 4 is 17.9 Å². The minimum absolute atomic E-state index is 0.675. The molecular weight excluding hydrogens is 306 g/mol. The van der Waals surface area contributed by atoms with Gasteiger partial charge in [0.15, 0.2) is 5.82 Å². The Morgan fingerprint density at radius 3 is 2.67 bits per heavy atom. The van der Waals surface area contributed by atoms with Crippen molar-refractivity contribution in [1.82, 2.24) is 9.97 Å². The number of methoxy groups -OCH3 is 1. The van der Waals surface area contributed by atoms with Gasteiger partial charge in [-0.25, -0.2) is 9.97 Å². The van der Waals surface area contributed by atoms with Crippen molar-refractivity contribution in [3.8, 4) is 5.75 Å². The predicted molar refractivity (Wildman–Crippen MR) is 94.0 cm³/mol. The number of nitrogens with zero attached hydrogens (tertiary/aromatic N) is 4. The Labute approximate surface area is 141 Å². The molecule has 0 bridgehead atoms. The number of ether oxygens (including phenoxy) is 2. The summed E-state index contributed by atoms with van der Waals surface area (Å²) in [6.45, 7) is 5.00. The van der Waals surface area contributed by atoms with Gasteiger partial charge in [-0.3, -0.25) is 5.43 Å². The molecule has 2 heterocycles. The van der Waals surface area contributed by atoms with E-state index in [1.807, 2.05) is 37.3 Å². The first-order chi connectivity index (χ1) is 11.7. The number of nitrogens with one attached hydrogen (secondary N) is 1. The van der Waals surface area contributed by atoms with Crippen molar-refractivity contribution in [2.75, 3.05) is 43.7 Å². The number of aromatic nitrogens is 2. The Morgan fingerprint density at radius 1 is 1.21 bits per heavy atom. The smallest absolute Gasteiger partial charge is 0.152 e. The van der Waals surface area contributed by atoms with Gasteiger partial charge in [-0.2, -0.15) is 5.10 Å². The summed E-state index contributed by atoms with van der Waals surface area (Å²) in [5, 5.41) is 4.25. The molecule has 7 nitrogen and oxygen atoms in total. The normalized spacial score (nSPS) is 14.8. The summed E-state index contributed by atoms with van der Waals surface area (Å²) in [7, 11) is 1.65. The molecule has 0 atom stereocenters. The zero-order valence-corrected chi connectivity index (χ0v) is 13.9. The highest BCUT2D eigenvalue weighted by atomic mass is 16.5. The van der Waals surface area contributed by atoms with E-state index in [1.54, 1.807) is 13.3 Å². The number of anilines is 2. The van der Waals surface area contributed by atoms with Crippen molar-refractivity contribution in [3.05, 3.63) is 41.7 Å². The molecule has 0 amide bonds. The number of hydrogen-bond acceptors (Lipinski definition) is 7. The summed E-state index contributed by atoms with van der Waals surface area (Å²) in [6, 6.07) is 9.58. The zero-order chi connectivity index (χ0) is 16.8. The van der Waals surface area contributed by atoms with Gasteiger partial charge >= 0.3 is 0 Å². The minimum atomic E-state index is 0.675. The Morgan fingerprint density at radius 2 is 1.96 bits per heavy atom. The Kier molecular flexibility index (Phi) is 5.22. The molecule has 0 unspecified atom stereocenters. The second-order valence-corrected chi connectivity index (χ2v) is 5.40. The molecule has 3 rings (SSSR count). The van der Waals surface area contributed by atoms with E-state index >= 15 is 0 Å². The van der Waals surface area contributed by atoms with E-state index in [0.29, 0.717) is 11.6 Å². The molecule has 1 aromatic carbocycles. The van der Waals surface area contributed by atoms with E-state index in [2.05, 4.69) is 25.4 Å². The fraction of sp³-hybridized carbons (Fsp3) is 0.353. The third kappa shape index (κ3) is 4.20. The standard InChI is InChI=1S/C17H21N5O2/c1-13-19-16(11-17(20-13)22-7-9-24-10-8-22)21-18-12-14-3-5-15(23-2)6-4-14/h3-6,11-12H,7-10H2,1-2H3,(H,19,20,21). The van der Waals surface area contributed by atoms with Crippen molar-refractivity contribution in [1.29, 1.82) is 0 Å². The Balaban J connectivity index is 1.67. The molecule has 0 saturated carbocycles. The summed E-state index contributed by atoms with van der Waals surface area (Å²) < 4.78 is 10.5. The van der Waals surface area contributed by atoms with Gasteiger partial charge in [0.05, 0.1) is 26.5 Å². The van der Waals surface area contributed by atoms with Crippen LogP contribution in [0, 0.1) is 6.92 Å². The van der Waals surface area contributed by atoms with E-state index in [-0.39, 0.29) is 0 Å². The molecule has 1 saturated heterocycles. The van der Waals surface area contributed by atoms with Gasteiger partial charge in [0.2, 0.25) is 0 Å². The van der Waals surface area contributed by atoms with Crippen LogP contribution in [0.4, 0.5) is 11.6 Å². The largest absolute Gasteiger partial charge is 0.497 e. The van der Waals surface area contributed by atoms with Crippen LogP contribution in [-0.4, -0.2) is 49.6 Å². The zero-order valence-electron chi connectivity index (χ0n) is 13.9. The fourth-order valence-corrected chi connectivity index (χ4v) is 2.43. The van der Waals surface area contributed by atoms with Crippen LogP contribution < -0.4 is 15.1 Å². The van der Waals surface area contributed by atoms with Crippen molar-refractivity contribution in [2.45, 2.75) is 6.92 Å². The first kappa shape index (κ1) is 16.2. The van der Waals surface area contributed by atoms with Crippen molar-refractivity contribution < 1.29 is 9.47 Å². The quantitative estimate of drug-likeness (QED) is 0.670. The molecule has 0 radical (unpaired) electrons. The van der Waals surface area contributed by atoms with E-state index in [0.717, 1.165) is 43.4 Å². The number of benzene rings is 1. The summed E-state index contributed by atoms with van der Waals surface area (Å²) in [5.74, 6) is 3.10. The maximum absolute atomic E-state index is 5.38. The van der Waals surface area contributed by atoms with Crippen LogP contribution in [0.5, 0.6) is 5.75 Å². The molecule has 2 aromatic rings. The lowest BCUT2D eigenvalue weighted by atomic mass is 10.2. The first-order valence-corrected chi connectivity index (χ1v) is 7.86. The summed E-state index contributed by atoms with van der Waals surface area (Å²) in [5.41, 5.74) is 3.95. The number of aryl methyl sites for hydroxylation is 1. The van der Waals surface area contributed by atoms with Gasteiger partial charge in [-0.1, -0.05) is 0 Å². The molecule has 126 valence electrons. The topological polar surface area (TPSA) is 71.9 Å². The van der Waals surface area contributed by atoms with E-state index in [4.69, 9.17) is 9.47 Å². The Bertz CT molecular complexity index is 697. The van der Waals surface area contributed by atoms with Gasteiger partial charge < -0.3 is 14.4 Å². The molecule has 1 aliphatic rings. The average Bonchev–Trinajstić information content (AvgIpc) is 2.63. The molecule has 0 aliphatic carbocycles. The second kappa shape index (κ2) is 7.74. The molecule has 1 fully saturated rings. The maximum Gasteiger partial charge on any atom is 0.152 e. The highest BCUT2D eigenvalue weighted by Gasteiger charge is 2.13. The van der Waals surface area contributed by atoms with E-state index in [1.165, 1.54) is 0 Å². The summed E-state index contributed by atoms with van der Waals surface area (Å²) in [4.78, 5) is 11.1. The van der Waals surface area contributed by atoms with Gasteiger partial charge in [0, 0.05) is 19.2 Å². The first-order valence-electron chi connectivity index (χ1n) is 7.86. The van der Waals surface area contributed by atoms with Crippen LogP contribution in [0.25, 0.3) is 0 Å². The van der Waals surface area contributed by atoms with Crippen molar-refractivity contribution in [3.63, 3.8) is 0 Å². The van der Waals surface area contributed by atoms with Gasteiger partial charge in [-0.15, -0.1) is 0 Å². The minimum Gasteiger partial charge on any atom is -0.497 e. The lowest BCUT2D eigenvalue weighted by Crippen LogP contribution is -2.36. The molecule has 1 N–H and O–H groups in total. The van der Waals surface area contributed by atoms with Gasteiger partial charge in [-0.05, 0) is 36.8 Å². The van der Waals surface area contributed by atoms with Crippen LogP contribution in [-0.2, 0) is 4.74 Å². The SMILES string of the molecule is COc1ccc(C=NNc2cc(N3CCOCC3)nc(C)n2)cc1. The van der Waals surface area contributed by atoms with E-state index in [9.17, 15) is 0 Å². The number of morpholine rings is 1. The summed E-state index contributed by atoms with van der Waals surface area (Å²) >= 11 is 0. The Hall–Kier alpha value is -2.67. The molecule has 0 spiro atoms. The lowest BCUT2D eigenvalue weighted by molar-refractivity contribution is 0.122. The number of hydrazone groups is 1. The third-order valence-electron chi connectivity index (χ3n) is 3.67. The molecular formula is C17H21N5O2. The second-order valence-electron chi connectivity index (χ2n) is 5.40.